The van der Waals surface area contributed by atoms with E-state index in [-0.39, 0.29) is 0 Å². The summed E-state index contributed by atoms with van der Waals surface area (Å²) in [6, 6.07) is 7.84. The average molecular weight is 305 g/mol. The molecule has 2 aromatic rings. The van der Waals surface area contributed by atoms with Crippen molar-refractivity contribution in [1.29, 1.82) is 0 Å². The van der Waals surface area contributed by atoms with Crippen LogP contribution in [-0.4, -0.2) is 22.9 Å². The Hall–Kier alpha value is -1.52. The second-order valence-electron chi connectivity index (χ2n) is 5.53. The third kappa shape index (κ3) is 3.06. The Balaban J connectivity index is 1.90. The Morgan fingerprint density at radius 1 is 1.29 bits per heavy atom. The van der Waals surface area contributed by atoms with Crippen LogP contribution in [0.3, 0.4) is 0 Å². The van der Waals surface area contributed by atoms with Crippen LogP contribution >= 0.6 is 11.6 Å². The molecule has 1 aliphatic rings. The standard InChI is InChI=1S/C16H21ClN4/c17-13-5-7-14(8-6-13)21-16(12-3-1-4-12)15(11-20-21)19-10-2-9-18/h5-8,11-12,19H,1-4,9-10,18H2. The number of benzene rings is 1. The summed E-state index contributed by atoms with van der Waals surface area (Å²) in [7, 11) is 0. The Morgan fingerprint density at radius 2 is 2.05 bits per heavy atom. The highest BCUT2D eigenvalue weighted by Crippen LogP contribution is 2.40. The van der Waals surface area contributed by atoms with Crippen LogP contribution in [0.1, 0.15) is 37.3 Å². The fourth-order valence-corrected chi connectivity index (χ4v) is 2.81. The first kappa shape index (κ1) is 14.4. The lowest BCUT2D eigenvalue weighted by Crippen LogP contribution is -2.17. The molecule has 0 saturated heterocycles. The summed E-state index contributed by atoms with van der Waals surface area (Å²) in [4.78, 5) is 0. The van der Waals surface area contributed by atoms with Crippen molar-refractivity contribution in [3.63, 3.8) is 0 Å². The molecule has 0 bridgehead atoms. The topological polar surface area (TPSA) is 55.9 Å². The van der Waals surface area contributed by atoms with Gasteiger partial charge in [0.1, 0.15) is 0 Å². The molecule has 0 atom stereocenters. The Kier molecular flexibility index (Phi) is 4.46. The molecule has 1 aromatic heterocycles. The summed E-state index contributed by atoms with van der Waals surface area (Å²) in [5, 5.41) is 8.80. The number of anilines is 1. The maximum absolute atomic E-state index is 5.98. The molecule has 112 valence electrons. The largest absolute Gasteiger partial charge is 0.382 e. The first-order valence-electron chi connectivity index (χ1n) is 7.57. The van der Waals surface area contributed by atoms with E-state index in [2.05, 4.69) is 10.4 Å². The fourth-order valence-electron chi connectivity index (χ4n) is 2.68. The van der Waals surface area contributed by atoms with Gasteiger partial charge >= 0.3 is 0 Å². The maximum atomic E-state index is 5.98. The molecule has 0 aliphatic heterocycles. The van der Waals surface area contributed by atoms with Gasteiger partial charge in [0.05, 0.1) is 23.3 Å². The van der Waals surface area contributed by atoms with E-state index in [4.69, 9.17) is 17.3 Å². The molecule has 21 heavy (non-hydrogen) atoms. The van der Waals surface area contributed by atoms with Crippen molar-refractivity contribution < 1.29 is 0 Å². The minimum absolute atomic E-state index is 0.601. The van der Waals surface area contributed by atoms with E-state index < -0.39 is 0 Å². The third-order valence-corrected chi connectivity index (χ3v) is 4.32. The van der Waals surface area contributed by atoms with Gasteiger partial charge < -0.3 is 11.1 Å². The number of nitrogens with one attached hydrogen (secondary N) is 1. The summed E-state index contributed by atoms with van der Waals surface area (Å²) >= 11 is 5.98. The molecule has 3 rings (SSSR count). The van der Waals surface area contributed by atoms with Gasteiger partial charge in [-0.15, -0.1) is 0 Å². The molecular weight excluding hydrogens is 284 g/mol. The Morgan fingerprint density at radius 3 is 2.67 bits per heavy atom. The number of nitrogens with two attached hydrogens (primary N) is 1. The highest BCUT2D eigenvalue weighted by atomic mass is 35.5. The molecule has 4 nitrogen and oxygen atoms in total. The lowest BCUT2D eigenvalue weighted by atomic mass is 9.82. The van der Waals surface area contributed by atoms with Gasteiger partial charge in [-0.25, -0.2) is 4.68 Å². The van der Waals surface area contributed by atoms with Gasteiger partial charge in [0.15, 0.2) is 0 Å². The molecule has 5 heteroatoms. The second-order valence-corrected chi connectivity index (χ2v) is 5.96. The summed E-state index contributed by atoms with van der Waals surface area (Å²) in [5.74, 6) is 0.601. The average Bonchev–Trinajstić information content (AvgIpc) is 2.82. The molecule has 3 N–H and O–H groups in total. The zero-order valence-corrected chi connectivity index (χ0v) is 12.8. The van der Waals surface area contributed by atoms with Crippen LogP contribution in [0.25, 0.3) is 5.69 Å². The number of rotatable bonds is 6. The van der Waals surface area contributed by atoms with Crippen molar-refractivity contribution >= 4 is 17.3 Å². The fraction of sp³-hybridized carbons (Fsp3) is 0.438. The minimum Gasteiger partial charge on any atom is -0.382 e. The third-order valence-electron chi connectivity index (χ3n) is 4.07. The highest BCUT2D eigenvalue weighted by Gasteiger charge is 2.27. The molecule has 1 aromatic carbocycles. The van der Waals surface area contributed by atoms with Gasteiger partial charge in [-0.2, -0.15) is 5.10 Å². The minimum atomic E-state index is 0.601. The number of hydrogen-bond acceptors (Lipinski definition) is 3. The molecule has 0 radical (unpaired) electrons. The Bertz CT molecular complexity index is 587. The first-order valence-corrected chi connectivity index (χ1v) is 7.95. The second kappa shape index (κ2) is 6.50. The lowest BCUT2D eigenvalue weighted by molar-refractivity contribution is 0.404. The Labute approximate surface area is 130 Å². The van der Waals surface area contributed by atoms with E-state index >= 15 is 0 Å². The van der Waals surface area contributed by atoms with E-state index in [1.165, 1.54) is 25.0 Å². The van der Waals surface area contributed by atoms with Gasteiger partial charge in [-0.3, -0.25) is 0 Å². The van der Waals surface area contributed by atoms with Gasteiger partial charge in [0, 0.05) is 17.5 Å². The number of hydrogen-bond donors (Lipinski definition) is 2. The van der Waals surface area contributed by atoms with Crippen molar-refractivity contribution in [3.05, 3.63) is 41.2 Å². The normalized spacial score (nSPS) is 15.0. The van der Waals surface area contributed by atoms with Crippen molar-refractivity contribution in [1.82, 2.24) is 9.78 Å². The van der Waals surface area contributed by atoms with Crippen LogP contribution in [0.15, 0.2) is 30.5 Å². The first-order chi connectivity index (χ1) is 10.3. The van der Waals surface area contributed by atoms with E-state index in [0.29, 0.717) is 12.5 Å². The van der Waals surface area contributed by atoms with Crippen LogP contribution in [0.4, 0.5) is 5.69 Å². The molecule has 0 amide bonds. The summed E-state index contributed by atoms with van der Waals surface area (Å²) in [5.41, 5.74) is 9.06. The zero-order valence-electron chi connectivity index (χ0n) is 12.1. The molecule has 0 spiro atoms. The number of nitrogens with zero attached hydrogens (tertiary/aromatic N) is 2. The van der Waals surface area contributed by atoms with Gasteiger partial charge in [-0.05, 0) is 50.1 Å². The zero-order chi connectivity index (χ0) is 14.7. The number of aromatic nitrogens is 2. The van der Waals surface area contributed by atoms with Crippen LogP contribution < -0.4 is 11.1 Å². The van der Waals surface area contributed by atoms with Crippen LogP contribution in [0, 0.1) is 0 Å². The van der Waals surface area contributed by atoms with Gasteiger partial charge in [-0.1, -0.05) is 18.0 Å². The van der Waals surface area contributed by atoms with Crippen molar-refractivity contribution in [2.75, 3.05) is 18.4 Å². The quantitative estimate of drug-likeness (QED) is 0.802. The molecular formula is C16H21ClN4. The highest BCUT2D eigenvalue weighted by molar-refractivity contribution is 6.30. The van der Waals surface area contributed by atoms with Crippen molar-refractivity contribution in [2.45, 2.75) is 31.6 Å². The van der Waals surface area contributed by atoms with Gasteiger partial charge in [0.2, 0.25) is 0 Å². The van der Waals surface area contributed by atoms with Crippen LogP contribution in [0.5, 0.6) is 0 Å². The van der Waals surface area contributed by atoms with Crippen LogP contribution in [0.2, 0.25) is 5.02 Å². The monoisotopic (exact) mass is 304 g/mol. The van der Waals surface area contributed by atoms with E-state index in [9.17, 15) is 0 Å². The molecule has 0 unspecified atom stereocenters. The lowest BCUT2D eigenvalue weighted by Gasteiger charge is -2.27. The summed E-state index contributed by atoms with van der Waals surface area (Å²) in [6.45, 7) is 1.60. The molecule has 1 fully saturated rings. The smallest absolute Gasteiger partial charge is 0.0766 e. The molecule has 1 aliphatic carbocycles. The van der Waals surface area contributed by atoms with E-state index in [1.807, 2.05) is 35.1 Å². The van der Waals surface area contributed by atoms with Crippen molar-refractivity contribution in [2.24, 2.45) is 5.73 Å². The predicted octanol–water partition coefficient (Wildman–Crippen LogP) is 3.55. The van der Waals surface area contributed by atoms with Crippen molar-refractivity contribution in [3.8, 4) is 5.69 Å². The predicted molar refractivity (Wildman–Crippen MR) is 87.3 cm³/mol. The molecule has 1 saturated carbocycles. The SMILES string of the molecule is NCCCNc1cnn(-c2ccc(Cl)cc2)c1C1CCC1. The summed E-state index contributed by atoms with van der Waals surface area (Å²) < 4.78 is 2.05. The summed E-state index contributed by atoms with van der Waals surface area (Å²) in [6.07, 6.45) is 6.68. The van der Waals surface area contributed by atoms with Gasteiger partial charge in [0.25, 0.3) is 0 Å². The van der Waals surface area contributed by atoms with E-state index in [0.717, 1.165) is 29.4 Å². The van der Waals surface area contributed by atoms with E-state index in [1.54, 1.807) is 0 Å². The maximum Gasteiger partial charge on any atom is 0.0766 e. The molecule has 1 heterocycles. The number of halogens is 1. The van der Waals surface area contributed by atoms with Crippen LogP contribution in [-0.2, 0) is 0 Å².